The maximum Gasteiger partial charge on any atom is 0.267 e. The first kappa shape index (κ1) is 15.8. The summed E-state index contributed by atoms with van der Waals surface area (Å²) in [5, 5.41) is 4.57. The highest BCUT2D eigenvalue weighted by atomic mass is 16.2. The summed E-state index contributed by atoms with van der Waals surface area (Å²) in [5.74, 6) is 0.699. The zero-order valence-electron chi connectivity index (χ0n) is 14.4. The number of fused-ring (bicyclic) bond motifs is 1. The average Bonchev–Trinajstić information content (AvgIpc) is 3.13. The van der Waals surface area contributed by atoms with E-state index in [2.05, 4.69) is 10.00 Å². The molecular weight excluding hydrogens is 304 g/mol. The topological polar surface area (TPSA) is 58.4 Å². The van der Waals surface area contributed by atoms with Gasteiger partial charge in [-0.3, -0.25) is 9.59 Å². The van der Waals surface area contributed by atoms with E-state index in [1.807, 2.05) is 4.90 Å². The van der Waals surface area contributed by atoms with Crippen molar-refractivity contribution in [1.82, 2.24) is 19.6 Å². The summed E-state index contributed by atoms with van der Waals surface area (Å²) < 4.78 is 1.67. The SMILES string of the molecule is CC(=O)N1CCCC1CN1CC(Cn2nc3c(cc2=O)CCC3)C1. The van der Waals surface area contributed by atoms with E-state index in [1.165, 1.54) is 0 Å². The van der Waals surface area contributed by atoms with Gasteiger partial charge < -0.3 is 9.80 Å². The predicted molar refractivity (Wildman–Crippen MR) is 90.9 cm³/mol. The van der Waals surface area contributed by atoms with E-state index in [0.29, 0.717) is 12.0 Å². The smallest absolute Gasteiger partial charge is 0.267 e. The molecule has 1 unspecified atom stereocenters. The van der Waals surface area contributed by atoms with Crippen molar-refractivity contribution in [2.45, 2.75) is 51.6 Å². The van der Waals surface area contributed by atoms with Gasteiger partial charge in [-0.2, -0.15) is 5.10 Å². The van der Waals surface area contributed by atoms with Crippen molar-refractivity contribution < 1.29 is 4.79 Å². The zero-order valence-corrected chi connectivity index (χ0v) is 14.4. The van der Waals surface area contributed by atoms with Crippen molar-refractivity contribution in [3.63, 3.8) is 0 Å². The number of likely N-dealkylation sites (tertiary alicyclic amines) is 2. The molecule has 0 N–H and O–H groups in total. The Labute approximate surface area is 142 Å². The minimum absolute atomic E-state index is 0.0487. The van der Waals surface area contributed by atoms with Crippen molar-refractivity contribution >= 4 is 5.91 Å². The molecule has 0 aromatic carbocycles. The van der Waals surface area contributed by atoms with E-state index >= 15 is 0 Å². The van der Waals surface area contributed by atoms with Crippen molar-refractivity contribution in [3.8, 4) is 0 Å². The molecule has 3 aliphatic rings. The van der Waals surface area contributed by atoms with Gasteiger partial charge in [-0.15, -0.1) is 0 Å². The molecule has 1 aromatic heterocycles. The van der Waals surface area contributed by atoms with Gasteiger partial charge in [0, 0.05) is 51.1 Å². The van der Waals surface area contributed by atoms with Gasteiger partial charge in [0.05, 0.1) is 12.2 Å². The fourth-order valence-electron chi connectivity index (χ4n) is 4.49. The molecule has 1 amide bonds. The highest BCUT2D eigenvalue weighted by Crippen LogP contribution is 2.24. The molecule has 130 valence electrons. The van der Waals surface area contributed by atoms with Crippen LogP contribution in [0.4, 0.5) is 0 Å². The van der Waals surface area contributed by atoms with E-state index in [1.54, 1.807) is 17.7 Å². The first-order chi connectivity index (χ1) is 11.6. The predicted octanol–water partition coefficient (Wildman–Crippen LogP) is 0.675. The summed E-state index contributed by atoms with van der Waals surface area (Å²) in [6, 6.07) is 2.17. The van der Waals surface area contributed by atoms with E-state index < -0.39 is 0 Å². The van der Waals surface area contributed by atoms with Gasteiger partial charge in [-0.1, -0.05) is 0 Å². The second-order valence-corrected chi connectivity index (χ2v) is 7.58. The van der Waals surface area contributed by atoms with Crippen LogP contribution in [0.1, 0.15) is 37.4 Å². The zero-order chi connectivity index (χ0) is 16.7. The van der Waals surface area contributed by atoms with Gasteiger partial charge in [0.1, 0.15) is 0 Å². The molecule has 2 saturated heterocycles. The Morgan fingerprint density at radius 2 is 2.08 bits per heavy atom. The van der Waals surface area contributed by atoms with Gasteiger partial charge in [-0.05, 0) is 37.7 Å². The third-order valence-corrected chi connectivity index (χ3v) is 5.74. The molecule has 2 aliphatic heterocycles. The van der Waals surface area contributed by atoms with Crippen LogP contribution in [0.2, 0.25) is 0 Å². The molecule has 0 bridgehead atoms. The van der Waals surface area contributed by atoms with Crippen LogP contribution in [0, 0.1) is 5.92 Å². The third-order valence-electron chi connectivity index (χ3n) is 5.74. The van der Waals surface area contributed by atoms with Crippen LogP contribution in [-0.2, 0) is 24.2 Å². The lowest BCUT2D eigenvalue weighted by atomic mass is 9.99. The van der Waals surface area contributed by atoms with Gasteiger partial charge >= 0.3 is 0 Å². The van der Waals surface area contributed by atoms with Crippen LogP contribution < -0.4 is 5.56 Å². The number of rotatable bonds is 4. The summed E-state index contributed by atoms with van der Waals surface area (Å²) in [6.45, 7) is 6.29. The number of carbonyl (C=O) groups is 1. The molecule has 3 heterocycles. The lowest BCUT2D eigenvalue weighted by molar-refractivity contribution is -0.130. The molecular formula is C18H26N4O2. The highest BCUT2D eigenvalue weighted by Gasteiger charge is 2.33. The van der Waals surface area contributed by atoms with Crippen molar-refractivity contribution in [1.29, 1.82) is 0 Å². The number of amides is 1. The van der Waals surface area contributed by atoms with Crippen LogP contribution in [0.3, 0.4) is 0 Å². The molecule has 1 atom stereocenters. The van der Waals surface area contributed by atoms with Crippen LogP contribution in [0.5, 0.6) is 0 Å². The number of hydrogen-bond acceptors (Lipinski definition) is 4. The Kier molecular flexibility index (Phi) is 4.16. The summed E-state index contributed by atoms with van der Waals surface area (Å²) in [5.41, 5.74) is 2.32. The van der Waals surface area contributed by atoms with E-state index in [0.717, 1.165) is 76.1 Å². The standard InChI is InChI=1S/C18H26N4O2/c1-13(23)21-7-3-5-16(21)12-20-9-14(10-20)11-22-18(24)8-15-4-2-6-17(15)19-22/h8,14,16H,2-7,9-12H2,1H3. The molecule has 0 radical (unpaired) electrons. The Balaban J connectivity index is 1.31. The summed E-state index contributed by atoms with van der Waals surface area (Å²) in [6.07, 6.45) is 5.37. The molecule has 1 aliphatic carbocycles. The van der Waals surface area contributed by atoms with Crippen molar-refractivity contribution in [2.24, 2.45) is 5.92 Å². The lowest BCUT2D eigenvalue weighted by Gasteiger charge is -2.41. The average molecular weight is 330 g/mol. The Bertz CT molecular complexity index is 693. The molecule has 6 nitrogen and oxygen atoms in total. The number of carbonyl (C=O) groups excluding carboxylic acids is 1. The molecule has 6 heteroatoms. The number of hydrogen-bond donors (Lipinski definition) is 0. The minimum Gasteiger partial charge on any atom is -0.339 e. The van der Waals surface area contributed by atoms with E-state index in [-0.39, 0.29) is 11.5 Å². The molecule has 0 saturated carbocycles. The van der Waals surface area contributed by atoms with Crippen LogP contribution >= 0.6 is 0 Å². The van der Waals surface area contributed by atoms with Crippen molar-refractivity contribution in [3.05, 3.63) is 27.7 Å². The second kappa shape index (κ2) is 6.31. The van der Waals surface area contributed by atoms with Crippen LogP contribution in [0.25, 0.3) is 0 Å². The van der Waals surface area contributed by atoms with Crippen LogP contribution in [-0.4, -0.2) is 57.7 Å². The minimum atomic E-state index is 0.0487. The Hall–Kier alpha value is -1.69. The lowest BCUT2D eigenvalue weighted by Crippen LogP contribution is -2.54. The molecule has 1 aromatic rings. The molecule has 4 rings (SSSR count). The van der Waals surface area contributed by atoms with E-state index in [4.69, 9.17) is 0 Å². The monoisotopic (exact) mass is 330 g/mol. The summed E-state index contributed by atoms with van der Waals surface area (Å²) >= 11 is 0. The second-order valence-electron chi connectivity index (χ2n) is 7.58. The fourth-order valence-corrected chi connectivity index (χ4v) is 4.49. The number of nitrogens with zero attached hydrogens (tertiary/aromatic N) is 4. The fraction of sp³-hybridized carbons (Fsp3) is 0.722. The first-order valence-electron chi connectivity index (χ1n) is 9.19. The maximum absolute atomic E-state index is 12.2. The number of aromatic nitrogens is 2. The highest BCUT2D eigenvalue weighted by molar-refractivity contribution is 5.73. The van der Waals surface area contributed by atoms with Gasteiger partial charge in [-0.25, -0.2) is 4.68 Å². The molecule has 24 heavy (non-hydrogen) atoms. The van der Waals surface area contributed by atoms with Gasteiger partial charge in [0.2, 0.25) is 5.91 Å². The Morgan fingerprint density at radius 3 is 2.88 bits per heavy atom. The molecule has 2 fully saturated rings. The molecule has 0 spiro atoms. The summed E-state index contributed by atoms with van der Waals surface area (Å²) in [7, 11) is 0. The quantitative estimate of drug-likeness (QED) is 0.814. The Morgan fingerprint density at radius 1 is 1.25 bits per heavy atom. The van der Waals surface area contributed by atoms with Crippen molar-refractivity contribution in [2.75, 3.05) is 26.2 Å². The van der Waals surface area contributed by atoms with Crippen LogP contribution in [0.15, 0.2) is 10.9 Å². The largest absolute Gasteiger partial charge is 0.339 e. The van der Waals surface area contributed by atoms with E-state index in [9.17, 15) is 9.59 Å². The number of aryl methyl sites for hydroxylation is 2. The maximum atomic E-state index is 12.2. The summed E-state index contributed by atoms with van der Waals surface area (Å²) in [4.78, 5) is 28.2. The normalized spacial score (nSPS) is 24.2. The van der Waals surface area contributed by atoms with Gasteiger partial charge in [0.25, 0.3) is 5.56 Å². The first-order valence-corrected chi connectivity index (χ1v) is 9.19. The van der Waals surface area contributed by atoms with Gasteiger partial charge in [0.15, 0.2) is 0 Å². The third kappa shape index (κ3) is 2.99.